The summed E-state index contributed by atoms with van der Waals surface area (Å²) in [7, 11) is 0. The first-order valence-electron chi connectivity index (χ1n) is 12.3. The fourth-order valence-electron chi connectivity index (χ4n) is 4.87. The number of aliphatic hydroxyl groups is 1. The van der Waals surface area contributed by atoms with Gasteiger partial charge in [-0.1, -0.05) is 30.3 Å². The van der Waals surface area contributed by atoms with Crippen molar-refractivity contribution in [2.45, 2.75) is 12.1 Å². The van der Waals surface area contributed by atoms with Gasteiger partial charge in [0, 0.05) is 44.3 Å². The Kier molecular flexibility index (Phi) is 7.32. The summed E-state index contributed by atoms with van der Waals surface area (Å²) in [5.41, 5.74) is 3.05. The molecule has 1 aliphatic rings. The molecular weight excluding hydrogens is 454 g/mol. The molecule has 5 rings (SSSR count). The highest BCUT2D eigenvalue weighted by Gasteiger charge is 2.27. The maximum Gasteiger partial charge on any atom is 0.128 e. The van der Waals surface area contributed by atoms with Crippen molar-refractivity contribution in [3.05, 3.63) is 96.2 Å². The van der Waals surface area contributed by atoms with Crippen LogP contribution in [0.25, 0.3) is 10.9 Å². The van der Waals surface area contributed by atoms with E-state index in [9.17, 15) is 15.3 Å². The first-order chi connectivity index (χ1) is 17.6. The molecule has 7 nitrogen and oxygen atoms in total. The Hall–Kier alpha value is -3.65. The standard InChI is InChI=1S/C29H31N3O4/c33-23-10-6-21(7-11-23)29(22-8-12-24(34)13-9-22)32-17-15-31(16-18-32)19-25(35)20-36-28-5-1-4-27-26(28)3-2-14-30-27/h1-14,25,29,33-35H,15-20H2. The van der Waals surface area contributed by atoms with Gasteiger partial charge in [0.1, 0.15) is 30.0 Å². The van der Waals surface area contributed by atoms with Crippen LogP contribution in [-0.4, -0.2) is 75.5 Å². The molecule has 7 heteroatoms. The third-order valence-corrected chi connectivity index (χ3v) is 6.70. The molecule has 1 saturated heterocycles. The van der Waals surface area contributed by atoms with Gasteiger partial charge in [0.05, 0.1) is 11.6 Å². The molecule has 1 atom stereocenters. The van der Waals surface area contributed by atoms with Crippen LogP contribution in [0.15, 0.2) is 85.1 Å². The number of hydrogen-bond donors (Lipinski definition) is 3. The molecule has 0 radical (unpaired) electrons. The topological polar surface area (TPSA) is 89.3 Å². The van der Waals surface area contributed by atoms with Crippen LogP contribution >= 0.6 is 0 Å². The second-order valence-corrected chi connectivity index (χ2v) is 9.21. The van der Waals surface area contributed by atoms with Crippen LogP contribution in [0, 0.1) is 0 Å². The van der Waals surface area contributed by atoms with Crippen LogP contribution in [-0.2, 0) is 0 Å². The zero-order chi connectivity index (χ0) is 24.9. The first kappa shape index (κ1) is 24.1. The molecule has 2 heterocycles. The molecular formula is C29H31N3O4. The number of pyridine rings is 1. The zero-order valence-electron chi connectivity index (χ0n) is 20.1. The predicted molar refractivity (Wildman–Crippen MR) is 139 cm³/mol. The van der Waals surface area contributed by atoms with Crippen molar-refractivity contribution < 1.29 is 20.1 Å². The molecule has 0 spiro atoms. The fraction of sp³-hybridized carbons (Fsp3) is 0.276. The number of rotatable bonds is 8. The minimum atomic E-state index is -0.603. The number of benzene rings is 3. The van der Waals surface area contributed by atoms with E-state index in [1.807, 2.05) is 54.6 Å². The van der Waals surface area contributed by atoms with Crippen LogP contribution in [0.5, 0.6) is 17.2 Å². The number of phenolic OH excluding ortho intramolecular Hbond substituents is 2. The van der Waals surface area contributed by atoms with Crippen molar-refractivity contribution in [2.24, 2.45) is 0 Å². The molecule has 1 aliphatic heterocycles. The SMILES string of the molecule is Oc1ccc(C(c2ccc(O)cc2)N2CCN(CC(O)COc3cccc4ncccc34)CC2)cc1. The third-order valence-electron chi connectivity index (χ3n) is 6.70. The van der Waals surface area contributed by atoms with Crippen molar-refractivity contribution in [3.8, 4) is 17.2 Å². The summed E-state index contributed by atoms with van der Waals surface area (Å²) in [5.74, 6) is 1.21. The van der Waals surface area contributed by atoms with Gasteiger partial charge in [0.2, 0.25) is 0 Å². The predicted octanol–water partition coefficient (Wildman–Crippen LogP) is 3.79. The second-order valence-electron chi connectivity index (χ2n) is 9.21. The van der Waals surface area contributed by atoms with Gasteiger partial charge >= 0.3 is 0 Å². The maximum absolute atomic E-state index is 10.7. The number of aromatic nitrogens is 1. The summed E-state index contributed by atoms with van der Waals surface area (Å²) in [6.07, 6.45) is 1.16. The van der Waals surface area contributed by atoms with E-state index >= 15 is 0 Å². The molecule has 0 aliphatic carbocycles. The Morgan fingerprint density at radius 1 is 0.778 bits per heavy atom. The van der Waals surface area contributed by atoms with E-state index < -0.39 is 6.10 Å². The van der Waals surface area contributed by atoms with Crippen LogP contribution in [0.1, 0.15) is 17.2 Å². The van der Waals surface area contributed by atoms with Crippen molar-refractivity contribution in [3.63, 3.8) is 0 Å². The minimum absolute atomic E-state index is 0.0153. The van der Waals surface area contributed by atoms with Crippen LogP contribution in [0.3, 0.4) is 0 Å². The van der Waals surface area contributed by atoms with E-state index in [4.69, 9.17) is 4.74 Å². The number of aliphatic hydroxyl groups excluding tert-OH is 1. The minimum Gasteiger partial charge on any atom is -0.508 e. The van der Waals surface area contributed by atoms with E-state index in [1.54, 1.807) is 30.5 Å². The molecule has 36 heavy (non-hydrogen) atoms. The highest BCUT2D eigenvalue weighted by Crippen LogP contribution is 2.31. The number of phenols is 2. The molecule has 0 saturated carbocycles. The molecule has 0 amide bonds. The number of β-amino-alcohol motifs (C(OH)–C–C–N with tert-alkyl or cyclic N) is 1. The van der Waals surface area contributed by atoms with Crippen molar-refractivity contribution in [2.75, 3.05) is 39.3 Å². The number of piperazine rings is 1. The normalized spacial score (nSPS) is 15.8. The van der Waals surface area contributed by atoms with Crippen molar-refractivity contribution in [1.29, 1.82) is 0 Å². The Morgan fingerprint density at radius 3 is 2.06 bits per heavy atom. The Morgan fingerprint density at radius 2 is 1.42 bits per heavy atom. The van der Waals surface area contributed by atoms with Crippen LogP contribution in [0.2, 0.25) is 0 Å². The monoisotopic (exact) mass is 485 g/mol. The number of ether oxygens (including phenoxy) is 1. The summed E-state index contributed by atoms with van der Waals surface area (Å²) in [6, 6.07) is 24.3. The van der Waals surface area contributed by atoms with Gasteiger partial charge in [-0.15, -0.1) is 0 Å². The molecule has 3 aromatic carbocycles. The van der Waals surface area contributed by atoms with Gasteiger partial charge in [0.15, 0.2) is 0 Å². The van der Waals surface area contributed by atoms with E-state index in [0.717, 1.165) is 54.0 Å². The summed E-state index contributed by atoms with van der Waals surface area (Å²) in [4.78, 5) is 9.02. The van der Waals surface area contributed by atoms with Gasteiger partial charge in [0.25, 0.3) is 0 Å². The number of nitrogens with zero attached hydrogens (tertiary/aromatic N) is 3. The molecule has 1 aromatic heterocycles. The fourth-order valence-corrected chi connectivity index (χ4v) is 4.87. The lowest BCUT2D eigenvalue weighted by Crippen LogP contribution is -2.50. The molecule has 0 bridgehead atoms. The molecule has 1 unspecified atom stereocenters. The molecule has 186 valence electrons. The zero-order valence-corrected chi connectivity index (χ0v) is 20.1. The summed E-state index contributed by atoms with van der Waals surface area (Å²) in [6.45, 7) is 4.06. The van der Waals surface area contributed by atoms with Gasteiger partial charge in [-0.2, -0.15) is 0 Å². The van der Waals surface area contributed by atoms with Crippen molar-refractivity contribution >= 4 is 10.9 Å². The van der Waals surface area contributed by atoms with E-state index in [0.29, 0.717) is 6.54 Å². The lowest BCUT2D eigenvalue weighted by molar-refractivity contribution is 0.0404. The summed E-state index contributed by atoms with van der Waals surface area (Å²) < 4.78 is 5.95. The Bertz CT molecular complexity index is 1220. The van der Waals surface area contributed by atoms with E-state index in [2.05, 4.69) is 14.8 Å². The Labute approximate surface area is 210 Å². The lowest BCUT2D eigenvalue weighted by Gasteiger charge is -2.40. The van der Waals surface area contributed by atoms with Gasteiger partial charge in [-0.05, 0) is 59.7 Å². The van der Waals surface area contributed by atoms with Crippen LogP contribution < -0.4 is 4.74 Å². The van der Waals surface area contributed by atoms with Crippen LogP contribution in [0.4, 0.5) is 0 Å². The van der Waals surface area contributed by atoms with Gasteiger partial charge in [-0.3, -0.25) is 14.8 Å². The highest BCUT2D eigenvalue weighted by atomic mass is 16.5. The van der Waals surface area contributed by atoms with E-state index in [-0.39, 0.29) is 24.1 Å². The second kappa shape index (κ2) is 11.0. The lowest BCUT2D eigenvalue weighted by atomic mass is 9.96. The van der Waals surface area contributed by atoms with Crippen molar-refractivity contribution in [1.82, 2.24) is 14.8 Å². The van der Waals surface area contributed by atoms with Gasteiger partial charge < -0.3 is 20.1 Å². The number of aromatic hydroxyl groups is 2. The average molecular weight is 486 g/mol. The summed E-state index contributed by atoms with van der Waals surface area (Å²) >= 11 is 0. The molecule has 1 fully saturated rings. The number of hydrogen-bond acceptors (Lipinski definition) is 7. The first-order valence-corrected chi connectivity index (χ1v) is 12.3. The smallest absolute Gasteiger partial charge is 0.128 e. The van der Waals surface area contributed by atoms with E-state index in [1.165, 1.54) is 0 Å². The quantitative estimate of drug-likeness (QED) is 0.350. The number of fused-ring (bicyclic) bond motifs is 1. The third kappa shape index (κ3) is 5.60. The summed E-state index contributed by atoms with van der Waals surface area (Å²) in [5, 5.41) is 31.1. The highest BCUT2D eigenvalue weighted by molar-refractivity contribution is 5.84. The average Bonchev–Trinajstić information content (AvgIpc) is 2.91. The molecule has 4 aromatic rings. The maximum atomic E-state index is 10.7. The largest absolute Gasteiger partial charge is 0.508 e. The molecule has 3 N–H and O–H groups in total. The van der Waals surface area contributed by atoms with Gasteiger partial charge in [-0.25, -0.2) is 0 Å². The Balaban J connectivity index is 1.19.